The Morgan fingerprint density at radius 1 is 1.19 bits per heavy atom. The first-order valence-electron chi connectivity index (χ1n) is 9.12. The molecule has 2 aliphatic carbocycles. The fourth-order valence-corrected chi connectivity index (χ4v) is 4.10. The molecule has 1 aliphatic heterocycles. The number of likely N-dealkylation sites (tertiary alicyclic amines) is 1. The molecule has 1 saturated heterocycles. The number of amides is 1. The van der Waals surface area contributed by atoms with E-state index >= 15 is 4.39 Å². The van der Waals surface area contributed by atoms with Gasteiger partial charge < -0.3 is 4.90 Å². The number of benzene rings is 1. The number of nitrogens with zero attached hydrogens (tertiary/aromatic N) is 4. The first-order valence-corrected chi connectivity index (χ1v) is 9.12. The van der Waals surface area contributed by atoms with Gasteiger partial charge in [0, 0.05) is 0 Å². The molecule has 1 amide bonds. The Kier molecular flexibility index (Phi) is 3.27. The highest BCUT2D eigenvalue weighted by atomic mass is 19.1. The van der Waals surface area contributed by atoms with Crippen LogP contribution in [0.3, 0.4) is 0 Å². The van der Waals surface area contributed by atoms with Crippen LogP contribution in [-0.4, -0.2) is 38.9 Å². The molecule has 1 aromatic carbocycles. The molecule has 2 heterocycles. The molecule has 2 aromatic rings. The molecule has 3 fully saturated rings. The Labute approximate surface area is 150 Å². The molecule has 0 atom stereocenters. The number of aromatic nitrogens is 3. The molecule has 3 aliphatic rings. The van der Waals surface area contributed by atoms with Crippen molar-refractivity contribution in [2.75, 3.05) is 13.1 Å². The Hall–Kier alpha value is -2.31. The van der Waals surface area contributed by atoms with Gasteiger partial charge in [0.15, 0.2) is 5.67 Å². The summed E-state index contributed by atoms with van der Waals surface area (Å²) in [6.45, 7) is 0.530. The third-order valence-electron chi connectivity index (χ3n) is 6.00. The summed E-state index contributed by atoms with van der Waals surface area (Å²) in [5.41, 5.74) is -0.654. The zero-order valence-corrected chi connectivity index (χ0v) is 14.4. The van der Waals surface area contributed by atoms with E-state index in [4.69, 9.17) is 0 Å². The van der Waals surface area contributed by atoms with Crippen molar-refractivity contribution in [3.63, 3.8) is 0 Å². The largest absolute Gasteiger partial charge is 0.335 e. The van der Waals surface area contributed by atoms with Crippen molar-refractivity contribution < 1.29 is 13.6 Å². The van der Waals surface area contributed by atoms with Crippen LogP contribution in [0.2, 0.25) is 0 Å². The van der Waals surface area contributed by atoms with Gasteiger partial charge in [-0.2, -0.15) is 0 Å². The number of rotatable bonds is 5. The lowest BCUT2D eigenvalue weighted by Crippen LogP contribution is -2.60. The molecule has 0 unspecified atom stereocenters. The van der Waals surface area contributed by atoms with Gasteiger partial charge in [-0.25, -0.2) is 13.5 Å². The average Bonchev–Trinajstić information content (AvgIpc) is 3.50. The average molecular weight is 358 g/mol. The predicted molar refractivity (Wildman–Crippen MR) is 89.3 cm³/mol. The number of hydrogen-bond donors (Lipinski definition) is 0. The quantitative estimate of drug-likeness (QED) is 0.826. The highest BCUT2D eigenvalue weighted by molar-refractivity contribution is 5.87. The van der Waals surface area contributed by atoms with Crippen molar-refractivity contribution in [2.45, 2.75) is 37.9 Å². The van der Waals surface area contributed by atoms with Crippen LogP contribution in [0, 0.1) is 17.2 Å². The summed E-state index contributed by atoms with van der Waals surface area (Å²) in [6, 6.07) is 6.09. The van der Waals surface area contributed by atoms with E-state index < -0.39 is 5.67 Å². The van der Waals surface area contributed by atoms with Gasteiger partial charge in [-0.15, -0.1) is 5.10 Å². The summed E-state index contributed by atoms with van der Waals surface area (Å²) >= 11 is 0. The normalized spacial score (nSPS) is 22.8. The van der Waals surface area contributed by atoms with Gasteiger partial charge >= 0.3 is 0 Å². The summed E-state index contributed by atoms with van der Waals surface area (Å²) in [7, 11) is 0. The third kappa shape index (κ3) is 2.52. The van der Waals surface area contributed by atoms with Crippen LogP contribution in [0.1, 0.15) is 36.9 Å². The molecule has 1 aromatic heterocycles. The SMILES string of the molecule is O=C(N1CC(F)(c2cn(Cc3ccc(F)cc3)nn2)C1)C1(C2CC2)CC1. The molecule has 5 rings (SSSR count). The molecule has 0 radical (unpaired) electrons. The fourth-order valence-electron chi connectivity index (χ4n) is 4.10. The first kappa shape index (κ1) is 15.9. The third-order valence-corrected chi connectivity index (χ3v) is 6.00. The van der Waals surface area contributed by atoms with Crippen LogP contribution >= 0.6 is 0 Å². The summed E-state index contributed by atoms with van der Waals surface area (Å²) < 4.78 is 29.6. The standard InChI is InChI=1S/C19H20F2N4O/c20-15-5-1-13(2-6-15)9-25-10-16(22-23-25)19(21)11-24(12-19)17(26)18(7-8-18)14-3-4-14/h1-2,5-6,10,14H,3-4,7-9,11-12H2. The summed E-state index contributed by atoms with van der Waals surface area (Å²) in [5.74, 6) is 0.364. The number of carbonyl (C=O) groups is 1. The fraction of sp³-hybridized carbons (Fsp3) is 0.526. The maximum atomic E-state index is 15.1. The van der Waals surface area contributed by atoms with Gasteiger partial charge in [0.25, 0.3) is 0 Å². The van der Waals surface area contributed by atoms with E-state index in [2.05, 4.69) is 10.3 Å². The lowest BCUT2D eigenvalue weighted by Gasteiger charge is -2.44. The van der Waals surface area contributed by atoms with E-state index in [1.807, 2.05) is 0 Å². The molecular formula is C19H20F2N4O. The van der Waals surface area contributed by atoms with Crippen LogP contribution in [-0.2, 0) is 17.0 Å². The van der Waals surface area contributed by atoms with Gasteiger partial charge in [-0.1, -0.05) is 17.3 Å². The lowest BCUT2D eigenvalue weighted by atomic mass is 9.89. The van der Waals surface area contributed by atoms with Gasteiger partial charge in [0.05, 0.1) is 31.2 Å². The summed E-state index contributed by atoms with van der Waals surface area (Å²) in [5, 5.41) is 7.95. The predicted octanol–water partition coefficient (Wildman–Crippen LogP) is 2.66. The monoisotopic (exact) mass is 358 g/mol. The number of halogens is 2. The van der Waals surface area contributed by atoms with Crippen molar-refractivity contribution in [3.8, 4) is 0 Å². The topological polar surface area (TPSA) is 51.0 Å². The summed E-state index contributed by atoms with van der Waals surface area (Å²) in [4.78, 5) is 14.3. The van der Waals surface area contributed by atoms with E-state index in [0.29, 0.717) is 12.5 Å². The van der Waals surface area contributed by atoms with E-state index in [9.17, 15) is 9.18 Å². The Balaban J connectivity index is 1.24. The molecule has 0 N–H and O–H groups in total. The molecule has 136 valence electrons. The zero-order valence-electron chi connectivity index (χ0n) is 14.4. The minimum Gasteiger partial charge on any atom is -0.335 e. The van der Waals surface area contributed by atoms with Crippen molar-refractivity contribution in [1.29, 1.82) is 0 Å². The van der Waals surface area contributed by atoms with Crippen LogP contribution in [0.25, 0.3) is 0 Å². The highest BCUT2D eigenvalue weighted by Gasteiger charge is 2.63. The van der Waals surface area contributed by atoms with Gasteiger partial charge in [-0.3, -0.25) is 4.79 Å². The second-order valence-electron chi connectivity index (χ2n) is 7.98. The minimum atomic E-state index is -1.61. The molecule has 2 saturated carbocycles. The van der Waals surface area contributed by atoms with Crippen LogP contribution in [0.4, 0.5) is 8.78 Å². The Morgan fingerprint density at radius 3 is 2.50 bits per heavy atom. The molecular weight excluding hydrogens is 338 g/mol. The summed E-state index contributed by atoms with van der Waals surface area (Å²) in [6.07, 6.45) is 5.77. The van der Waals surface area contributed by atoms with E-state index in [1.54, 1.807) is 27.9 Å². The van der Waals surface area contributed by atoms with Gasteiger partial charge in [0.2, 0.25) is 5.91 Å². The first-order chi connectivity index (χ1) is 12.5. The van der Waals surface area contributed by atoms with E-state index in [0.717, 1.165) is 31.2 Å². The van der Waals surface area contributed by atoms with Crippen LogP contribution in [0.5, 0.6) is 0 Å². The molecule has 7 heteroatoms. The smallest absolute Gasteiger partial charge is 0.229 e. The van der Waals surface area contributed by atoms with Crippen LogP contribution in [0.15, 0.2) is 30.5 Å². The Morgan fingerprint density at radius 2 is 1.88 bits per heavy atom. The number of alkyl halides is 1. The highest BCUT2D eigenvalue weighted by Crippen LogP contribution is 2.62. The maximum Gasteiger partial charge on any atom is 0.229 e. The molecule has 5 nitrogen and oxygen atoms in total. The number of hydrogen-bond acceptors (Lipinski definition) is 3. The van der Waals surface area contributed by atoms with Gasteiger partial charge in [0.1, 0.15) is 11.5 Å². The van der Waals surface area contributed by atoms with Crippen LogP contribution < -0.4 is 0 Å². The minimum absolute atomic E-state index is 0.0650. The zero-order chi connectivity index (χ0) is 17.9. The molecule has 0 bridgehead atoms. The lowest BCUT2D eigenvalue weighted by molar-refractivity contribution is -0.153. The van der Waals surface area contributed by atoms with Crippen molar-refractivity contribution >= 4 is 5.91 Å². The molecule has 0 spiro atoms. The van der Waals surface area contributed by atoms with E-state index in [-0.39, 0.29) is 35.9 Å². The maximum absolute atomic E-state index is 15.1. The van der Waals surface area contributed by atoms with Crippen molar-refractivity contribution in [1.82, 2.24) is 19.9 Å². The number of carbonyl (C=O) groups excluding carboxylic acids is 1. The van der Waals surface area contributed by atoms with Crippen molar-refractivity contribution in [2.24, 2.45) is 11.3 Å². The van der Waals surface area contributed by atoms with Gasteiger partial charge in [-0.05, 0) is 49.3 Å². The Bertz CT molecular complexity index is 849. The molecule has 26 heavy (non-hydrogen) atoms. The van der Waals surface area contributed by atoms with E-state index in [1.165, 1.54) is 12.1 Å². The van der Waals surface area contributed by atoms with Crippen molar-refractivity contribution in [3.05, 3.63) is 47.5 Å². The second-order valence-corrected chi connectivity index (χ2v) is 7.98. The second kappa shape index (κ2) is 5.34.